The van der Waals surface area contributed by atoms with Crippen molar-refractivity contribution in [3.63, 3.8) is 0 Å². The van der Waals surface area contributed by atoms with Crippen molar-refractivity contribution < 1.29 is 0 Å². The van der Waals surface area contributed by atoms with E-state index < -0.39 is 0 Å². The Morgan fingerprint density at radius 1 is 1.12 bits per heavy atom. The van der Waals surface area contributed by atoms with Crippen molar-refractivity contribution in [3.8, 4) is 0 Å². The van der Waals surface area contributed by atoms with E-state index in [2.05, 4.69) is 65.5 Å². The molecule has 1 atom stereocenters. The Bertz CT molecular complexity index is 459. The van der Waals surface area contributed by atoms with Crippen LogP contribution >= 0.6 is 39.0 Å². The minimum absolute atomic E-state index is 0.321. The summed E-state index contributed by atoms with van der Waals surface area (Å²) in [5, 5.41) is 0. The van der Waals surface area contributed by atoms with Crippen LogP contribution in [0.3, 0.4) is 0 Å². The fraction of sp³-hybridized carbons (Fsp3) is 0.231. The average molecular weight is 313 g/mol. The molecule has 1 heterocycles. The molecule has 84 valence electrons. The zero-order valence-electron chi connectivity index (χ0n) is 9.24. The molecule has 2 aromatic rings. The average Bonchev–Trinajstić information content (AvgIpc) is 2.75. The number of aryl methyl sites for hydroxylation is 1. The smallest absolute Gasteiger partial charge is 0.0738 e. The number of hydrogen-bond acceptors (Lipinski definition) is 2. The molecule has 0 radical (unpaired) electrons. The molecule has 0 saturated carbocycles. The van der Waals surface area contributed by atoms with Gasteiger partial charge in [0, 0.05) is 14.6 Å². The molecule has 0 aliphatic heterocycles. The number of alkyl halides is 1. The SMILES string of the molecule is CSc1ccc(C(Br)c2ccc(C)s2)cc1. The van der Waals surface area contributed by atoms with Crippen molar-refractivity contribution in [3.05, 3.63) is 51.7 Å². The summed E-state index contributed by atoms with van der Waals surface area (Å²) in [6, 6.07) is 13.1. The molecule has 0 aliphatic carbocycles. The van der Waals surface area contributed by atoms with Gasteiger partial charge in [0.1, 0.15) is 0 Å². The highest BCUT2D eigenvalue weighted by atomic mass is 79.9. The van der Waals surface area contributed by atoms with Crippen molar-refractivity contribution in [2.45, 2.75) is 16.6 Å². The van der Waals surface area contributed by atoms with Gasteiger partial charge in [-0.05, 0) is 43.0 Å². The summed E-state index contributed by atoms with van der Waals surface area (Å²) in [7, 11) is 0. The van der Waals surface area contributed by atoms with Crippen molar-refractivity contribution in [1.29, 1.82) is 0 Å². The monoisotopic (exact) mass is 312 g/mol. The van der Waals surface area contributed by atoms with Crippen molar-refractivity contribution >= 4 is 39.0 Å². The molecule has 0 saturated heterocycles. The Morgan fingerprint density at radius 3 is 2.31 bits per heavy atom. The topological polar surface area (TPSA) is 0 Å². The lowest BCUT2D eigenvalue weighted by molar-refractivity contribution is 1.21. The molecule has 1 aromatic heterocycles. The highest BCUT2D eigenvalue weighted by molar-refractivity contribution is 9.09. The van der Waals surface area contributed by atoms with E-state index in [0.29, 0.717) is 4.83 Å². The maximum absolute atomic E-state index is 3.76. The highest BCUT2D eigenvalue weighted by Crippen LogP contribution is 2.35. The minimum Gasteiger partial charge on any atom is -0.144 e. The van der Waals surface area contributed by atoms with Crippen LogP contribution in [0.2, 0.25) is 0 Å². The normalized spacial score (nSPS) is 12.7. The maximum Gasteiger partial charge on any atom is 0.0738 e. The standard InChI is InChI=1S/C13H13BrS2/c1-9-3-8-12(16-9)13(14)10-4-6-11(15-2)7-5-10/h3-8,13H,1-2H3. The van der Waals surface area contributed by atoms with E-state index in [-0.39, 0.29) is 0 Å². The molecule has 1 unspecified atom stereocenters. The van der Waals surface area contributed by atoms with Crippen LogP contribution in [-0.4, -0.2) is 6.26 Å². The fourth-order valence-corrected chi connectivity index (χ4v) is 3.56. The van der Waals surface area contributed by atoms with Crippen LogP contribution in [0.5, 0.6) is 0 Å². The van der Waals surface area contributed by atoms with Gasteiger partial charge in [-0.1, -0.05) is 28.1 Å². The number of hydrogen-bond donors (Lipinski definition) is 0. The predicted octanol–water partition coefficient (Wildman–Crippen LogP) is 5.26. The van der Waals surface area contributed by atoms with Gasteiger partial charge in [-0.2, -0.15) is 0 Å². The summed E-state index contributed by atoms with van der Waals surface area (Å²) < 4.78 is 0. The Labute approximate surface area is 113 Å². The van der Waals surface area contributed by atoms with Gasteiger partial charge in [0.15, 0.2) is 0 Å². The summed E-state index contributed by atoms with van der Waals surface area (Å²) in [4.78, 5) is 4.36. The molecule has 0 bridgehead atoms. The number of thioether (sulfide) groups is 1. The molecule has 0 spiro atoms. The quantitative estimate of drug-likeness (QED) is 0.550. The number of rotatable bonds is 3. The van der Waals surface area contributed by atoms with Gasteiger partial charge in [-0.15, -0.1) is 23.1 Å². The second-order valence-corrected chi connectivity index (χ2v) is 6.70. The second kappa shape index (κ2) is 5.39. The first-order valence-corrected chi connectivity index (χ1v) is 8.01. The molecule has 1 aromatic carbocycles. The van der Waals surface area contributed by atoms with Gasteiger partial charge >= 0.3 is 0 Å². The van der Waals surface area contributed by atoms with E-state index in [1.807, 2.05) is 11.3 Å². The summed E-state index contributed by atoms with van der Waals surface area (Å²) in [5.41, 5.74) is 1.32. The Morgan fingerprint density at radius 2 is 1.81 bits per heavy atom. The van der Waals surface area contributed by atoms with Crippen LogP contribution in [0.15, 0.2) is 41.3 Å². The zero-order valence-corrected chi connectivity index (χ0v) is 12.5. The van der Waals surface area contributed by atoms with Gasteiger partial charge in [0.2, 0.25) is 0 Å². The van der Waals surface area contributed by atoms with Gasteiger partial charge < -0.3 is 0 Å². The second-order valence-electron chi connectivity index (χ2n) is 3.58. The first-order valence-electron chi connectivity index (χ1n) is 5.05. The lowest BCUT2D eigenvalue weighted by Crippen LogP contribution is -1.88. The molecule has 0 aliphatic rings. The van der Waals surface area contributed by atoms with Crippen molar-refractivity contribution in [2.75, 3.05) is 6.26 Å². The fourth-order valence-electron chi connectivity index (χ4n) is 1.53. The molecule has 0 fully saturated rings. The number of halogens is 1. The van der Waals surface area contributed by atoms with Crippen LogP contribution in [0.25, 0.3) is 0 Å². The molecule has 16 heavy (non-hydrogen) atoms. The molecule has 0 nitrogen and oxygen atoms in total. The van der Waals surface area contributed by atoms with Gasteiger partial charge in [0.25, 0.3) is 0 Å². The molecule has 0 amide bonds. The first kappa shape index (κ1) is 12.2. The summed E-state index contributed by atoms with van der Waals surface area (Å²) >= 11 is 7.38. The predicted molar refractivity (Wildman–Crippen MR) is 78.0 cm³/mol. The third-order valence-electron chi connectivity index (χ3n) is 2.42. The molecule has 2 rings (SSSR count). The van der Waals surface area contributed by atoms with E-state index in [9.17, 15) is 0 Å². The van der Waals surface area contributed by atoms with Gasteiger partial charge in [0.05, 0.1) is 4.83 Å². The van der Waals surface area contributed by atoms with Gasteiger partial charge in [-0.3, -0.25) is 0 Å². The summed E-state index contributed by atoms with van der Waals surface area (Å²) in [6.07, 6.45) is 2.10. The first-order chi connectivity index (χ1) is 7.70. The van der Waals surface area contributed by atoms with Gasteiger partial charge in [-0.25, -0.2) is 0 Å². The van der Waals surface area contributed by atoms with Crippen LogP contribution < -0.4 is 0 Å². The van der Waals surface area contributed by atoms with E-state index in [1.165, 1.54) is 20.2 Å². The third-order valence-corrected chi connectivity index (χ3v) is 5.55. The van der Waals surface area contributed by atoms with Crippen molar-refractivity contribution in [2.24, 2.45) is 0 Å². The van der Waals surface area contributed by atoms with Crippen LogP contribution in [0, 0.1) is 6.92 Å². The lowest BCUT2D eigenvalue weighted by Gasteiger charge is -2.08. The highest BCUT2D eigenvalue weighted by Gasteiger charge is 2.11. The number of benzene rings is 1. The molecule has 3 heteroatoms. The van der Waals surface area contributed by atoms with E-state index in [0.717, 1.165) is 0 Å². The largest absolute Gasteiger partial charge is 0.144 e. The molecule has 0 N–H and O–H groups in total. The Kier molecular flexibility index (Phi) is 4.11. The van der Waals surface area contributed by atoms with E-state index >= 15 is 0 Å². The Hall–Kier alpha value is -0.250. The maximum atomic E-state index is 3.76. The van der Waals surface area contributed by atoms with Crippen molar-refractivity contribution in [1.82, 2.24) is 0 Å². The minimum atomic E-state index is 0.321. The summed E-state index contributed by atoms with van der Waals surface area (Å²) in [5.74, 6) is 0. The third kappa shape index (κ3) is 2.70. The van der Waals surface area contributed by atoms with Crippen LogP contribution in [-0.2, 0) is 0 Å². The Balaban J connectivity index is 2.23. The van der Waals surface area contributed by atoms with E-state index in [1.54, 1.807) is 11.8 Å². The summed E-state index contributed by atoms with van der Waals surface area (Å²) in [6.45, 7) is 2.14. The number of thiophene rings is 1. The lowest BCUT2D eigenvalue weighted by atomic mass is 10.1. The van der Waals surface area contributed by atoms with Crippen LogP contribution in [0.4, 0.5) is 0 Å². The van der Waals surface area contributed by atoms with E-state index in [4.69, 9.17) is 0 Å². The zero-order chi connectivity index (χ0) is 11.5. The molecular formula is C13H13BrS2. The van der Waals surface area contributed by atoms with Crippen LogP contribution in [0.1, 0.15) is 20.1 Å². The molecular weight excluding hydrogens is 300 g/mol.